The number of carbonyl (C=O) groups is 2. The molecule has 0 aromatic rings. The number of aliphatic carboxylic acids is 2. The second-order valence-electron chi connectivity index (χ2n) is 2.15. The van der Waals surface area contributed by atoms with E-state index in [1.165, 1.54) is 0 Å². The Labute approximate surface area is 106 Å². The van der Waals surface area contributed by atoms with Gasteiger partial charge in [-0.15, -0.1) is 0 Å². The van der Waals surface area contributed by atoms with Gasteiger partial charge < -0.3 is 15.3 Å². The van der Waals surface area contributed by atoms with Crippen LogP contribution in [0.25, 0.3) is 0 Å². The van der Waals surface area contributed by atoms with Crippen molar-refractivity contribution >= 4 is 11.9 Å². The quantitative estimate of drug-likeness (QED) is 0.395. The molecule has 0 aromatic carbocycles. The molecule has 3 N–H and O–H groups in total. The Kier molecular flexibility index (Phi) is 6.69. The van der Waals surface area contributed by atoms with Gasteiger partial charge in [-0.3, -0.25) is 4.79 Å². The molecule has 0 aliphatic carbocycles. The van der Waals surface area contributed by atoms with Crippen LogP contribution in [-0.4, -0.2) is 32.9 Å². The van der Waals surface area contributed by atoms with E-state index in [1.54, 1.807) is 0 Å². The summed E-state index contributed by atoms with van der Waals surface area (Å²) in [4.78, 5) is 19.9. The molecule has 0 amide bonds. The van der Waals surface area contributed by atoms with Gasteiger partial charge in [0, 0.05) is 0 Å². The summed E-state index contributed by atoms with van der Waals surface area (Å²) in [6.07, 6.45) is -0.789. The molecule has 0 aliphatic rings. The van der Waals surface area contributed by atoms with Crippen molar-refractivity contribution in [3.8, 4) is 0 Å². The molecule has 0 fully saturated rings. The van der Waals surface area contributed by atoms with E-state index in [0.717, 1.165) is 6.92 Å². The summed E-state index contributed by atoms with van der Waals surface area (Å²) in [6, 6.07) is 0. The van der Waals surface area contributed by atoms with Crippen LogP contribution < -0.4 is 51.4 Å². The summed E-state index contributed by atoms with van der Waals surface area (Å²) in [5.74, 6) is -2.87. The summed E-state index contributed by atoms with van der Waals surface area (Å²) in [7, 11) is 0. The molecule has 0 spiro atoms. The van der Waals surface area contributed by atoms with Gasteiger partial charge in [-0.2, -0.15) is 0 Å². The zero-order chi connectivity index (χ0) is 8.36. The van der Waals surface area contributed by atoms with Gasteiger partial charge in [-0.05, 0) is 6.92 Å². The number of carboxylic acids is 2. The van der Waals surface area contributed by atoms with Crippen LogP contribution in [0.3, 0.4) is 0 Å². The topological polar surface area (TPSA) is 94.8 Å². The third kappa shape index (κ3) is 5.77. The number of carboxylic acid groups (broad SMARTS) is 2. The van der Waals surface area contributed by atoms with E-state index in [-0.39, 0.29) is 51.4 Å². The minimum absolute atomic E-state index is 0. The van der Waals surface area contributed by atoms with Crippen molar-refractivity contribution in [2.45, 2.75) is 18.9 Å². The molecule has 0 aliphatic heterocycles. The fourth-order valence-corrected chi connectivity index (χ4v) is 0.370. The third-order valence-corrected chi connectivity index (χ3v) is 0.956. The van der Waals surface area contributed by atoms with E-state index in [9.17, 15) is 9.59 Å². The van der Waals surface area contributed by atoms with Crippen LogP contribution in [0.15, 0.2) is 0 Å². The Balaban J connectivity index is 0. The van der Waals surface area contributed by atoms with Crippen molar-refractivity contribution in [3.63, 3.8) is 0 Å². The van der Waals surface area contributed by atoms with Gasteiger partial charge in [-0.25, -0.2) is 4.79 Å². The standard InChI is InChI=1S/C5H8O5.K/c1-5(10,4(8)9)2-3(6)7;/h10H,2H2,1H3,(H,6,7)(H,8,9);/q;+1. The van der Waals surface area contributed by atoms with Gasteiger partial charge >= 0.3 is 63.3 Å². The van der Waals surface area contributed by atoms with E-state index in [2.05, 4.69) is 0 Å². The maximum Gasteiger partial charge on any atom is 1.00 e. The van der Waals surface area contributed by atoms with Crippen LogP contribution in [0.4, 0.5) is 0 Å². The molecule has 0 radical (unpaired) electrons. The van der Waals surface area contributed by atoms with Crippen molar-refractivity contribution < 1.29 is 76.3 Å². The molecule has 0 heterocycles. The summed E-state index contributed by atoms with van der Waals surface area (Å²) in [5.41, 5.74) is -2.16. The first-order valence-electron chi connectivity index (χ1n) is 2.54. The summed E-state index contributed by atoms with van der Waals surface area (Å²) >= 11 is 0. The first-order valence-corrected chi connectivity index (χ1v) is 2.54. The second kappa shape index (κ2) is 5.23. The molecule has 6 heteroatoms. The van der Waals surface area contributed by atoms with Crippen molar-refractivity contribution in [1.82, 2.24) is 0 Å². The molecule has 0 aromatic heterocycles. The van der Waals surface area contributed by atoms with Crippen molar-refractivity contribution in [2.24, 2.45) is 0 Å². The average molecular weight is 187 g/mol. The molecular weight excluding hydrogens is 179 g/mol. The van der Waals surface area contributed by atoms with Crippen LogP contribution in [-0.2, 0) is 9.59 Å². The average Bonchev–Trinajstić information content (AvgIpc) is 1.60. The van der Waals surface area contributed by atoms with Crippen LogP contribution >= 0.6 is 0 Å². The van der Waals surface area contributed by atoms with Gasteiger partial charge in [0.05, 0.1) is 6.42 Å². The predicted octanol–water partition coefficient (Wildman–Crippen LogP) is -3.70. The van der Waals surface area contributed by atoms with E-state index < -0.39 is 24.0 Å². The smallest absolute Gasteiger partial charge is 0.481 e. The van der Waals surface area contributed by atoms with E-state index in [1.807, 2.05) is 0 Å². The molecular formula is C5H8KO5+. The SMILES string of the molecule is CC(O)(CC(=O)O)C(=O)O.[K+]. The van der Waals surface area contributed by atoms with Crippen molar-refractivity contribution in [2.75, 3.05) is 0 Å². The third-order valence-electron chi connectivity index (χ3n) is 0.956. The van der Waals surface area contributed by atoms with E-state index in [4.69, 9.17) is 15.3 Å². The molecule has 1 unspecified atom stereocenters. The zero-order valence-electron chi connectivity index (χ0n) is 6.37. The zero-order valence-corrected chi connectivity index (χ0v) is 9.49. The molecule has 0 bridgehead atoms. The number of hydrogen-bond donors (Lipinski definition) is 3. The van der Waals surface area contributed by atoms with Crippen molar-refractivity contribution in [3.05, 3.63) is 0 Å². The molecule has 0 saturated heterocycles. The number of hydrogen-bond acceptors (Lipinski definition) is 3. The second-order valence-corrected chi connectivity index (χ2v) is 2.15. The molecule has 5 nitrogen and oxygen atoms in total. The molecule has 0 saturated carbocycles. The van der Waals surface area contributed by atoms with Gasteiger partial charge in [0.2, 0.25) is 0 Å². The molecule has 0 rings (SSSR count). The Hall–Kier alpha value is 0.536. The van der Waals surface area contributed by atoms with Crippen LogP contribution in [0.2, 0.25) is 0 Å². The van der Waals surface area contributed by atoms with Gasteiger partial charge in [0.15, 0.2) is 5.60 Å². The van der Waals surface area contributed by atoms with Crippen molar-refractivity contribution in [1.29, 1.82) is 0 Å². The minimum atomic E-state index is -2.16. The Bertz CT molecular complexity index is 164. The summed E-state index contributed by atoms with van der Waals surface area (Å²) in [5, 5.41) is 25.0. The predicted molar refractivity (Wildman–Crippen MR) is 30.5 cm³/mol. The number of rotatable bonds is 3. The Morgan fingerprint density at radius 1 is 1.36 bits per heavy atom. The molecule has 11 heavy (non-hydrogen) atoms. The van der Waals surface area contributed by atoms with Gasteiger partial charge in [0.1, 0.15) is 0 Å². The van der Waals surface area contributed by atoms with Crippen LogP contribution in [0.1, 0.15) is 13.3 Å². The summed E-state index contributed by atoms with van der Waals surface area (Å²) < 4.78 is 0. The summed E-state index contributed by atoms with van der Waals surface area (Å²) in [6.45, 7) is 0.934. The fourth-order valence-electron chi connectivity index (χ4n) is 0.370. The molecule has 1 atom stereocenters. The van der Waals surface area contributed by atoms with E-state index >= 15 is 0 Å². The Morgan fingerprint density at radius 3 is 1.82 bits per heavy atom. The van der Waals surface area contributed by atoms with Crippen LogP contribution in [0, 0.1) is 0 Å². The van der Waals surface area contributed by atoms with Gasteiger partial charge in [-0.1, -0.05) is 0 Å². The first-order chi connectivity index (χ1) is 4.36. The Morgan fingerprint density at radius 2 is 1.73 bits per heavy atom. The maximum absolute atomic E-state index is 10.0. The largest absolute Gasteiger partial charge is 1.00 e. The number of aliphatic hydroxyl groups is 1. The normalized spacial score (nSPS) is 14.4. The van der Waals surface area contributed by atoms with Crippen LogP contribution in [0.5, 0.6) is 0 Å². The monoisotopic (exact) mass is 187 g/mol. The van der Waals surface area contributed by atoms with Gasteiger partial charge in [0.25, 0.3) is 0 Å². The fraction of sp³-hybridized carbons (Fsp3) is 0.600. The van der Waals surface area contributed by atoms with E-state index in [0.29, 0.717) is 0 Å². The first kappa shape index (κ1) is 14.1. The maximum atomic E-state index is 10.0. The molecule has 58 valence electrons. The minimum Gasteiger partial charge on any atom is -0.481 e.